The molecule has 2 aliphatic carbocycles. The first-order valence-corrected chi connectivity index (χ1v) is 6.48. The van der Waals surface area contributed by atoms with Crippen molar-refractivity contribution in [1.29, 1.82) is 0 Å². The highest BCUT2D eigenvalue weighted by atomic mass is 127. The fraction of sp³-hybridized carbons (Fsp3) is 0.818. The van der Waals surface area contributed by atoms with Crippen molar-refractivity contribution in [1.82, 2.24) is 0 Å². The second-order valence-corrected chi connectivity index (χ2v) is 5.24. The monoisotopic (exact) mass is 292 g/mol. The summed E-state index contributed by atoms with van der Waals surface area (Å²) in [7, 11) is 0. The van der Waals surface area contributed by atoms with E-state index in [1.165, 1.54) is 25.7 Å². The summed E-state index contributed by atoms with van der Waals surface area (Å²) in [6, 6.07) is 0. The van der Waals surface area contributed by atoms with Gasteiger partial charge in [-0.25, -0.2) is 0 Å². The van der Waals surface area contributed by atoms with Crippen molar-refractivity contribution in [3.05, 3.63) is 10.2 Å². The van der Waals surface area contributed by atoms with Crippen LogP contribution in [0.25, 0.3) is 0 Å². The highest BCUT2D eigenvalue weighted by Gasteiger charge is 2.51. The fourth-order valence-corrected chi connectivity index (χ4v) is 3.34. The largest absolute Gasteiger partial charge is 0.389 e. The molecule has 0 heterocycles. The molecule has 2 heteroatoms. The fourth-order valence-electron chi connectivity index (χ4n) is 3.09. The Morgan fingerprint density at radius 2 is 2.15 bits per heavy atom. The van der Waals surface area contributed by atoms with Crippen molar-refractivity contribution in [2.45, 2.75) is 44.1 Å². The molecule has 0 aromatic heterocycles. The Labute approximate surface area is 93.7 Å². The Hall–Kier alpha value is 0.430. The molecule has 2 saturated carbocycles. The van der Waals surface area contributed by atoms with E-state index < -0.39 is 0 Å². The van der Waals surface area contributed by atoms with Gasteiger partial charge in [0.25, 0.3) is 0 Å². The molecule has 2 fully saturated rings. The zero-order valence-electron chi connectivity index (χ0n) is 7.88. The summed E-state index contributed by atoms with van der Waals surface area (Å²) in [6.07, 6.45) is 9.37. The lowest BCUT2D eigenvalue weighted by molar-refractivity contribution is -0.151. The summed E-state index contributed by atoms with van der Waals surface area (Å²) < 4.78 is 2.02. The quantitative estimate of drug-likeness (QED) is 0.774. The van der Waals surface area contributed by atoms with E-state index in [0.717, 1.165) is 18.8 Å². The minimum Gasteiger partial charge on any atom is -0.389 e. The van der Waals surface area contributed by atoms with E-state index in [1.807, 2.05) is 4.08 Å². The predicted octanol–water partition coefficient (Wildman–Crippen LogP) is 3.27. The van der Waals surface area contributed by atoms with Crippen molar-refractivity contribution in [3.63, 3.8) is 0 Å². The third kappa shape index (κ3) is 1.80. The Morgan fingerprint density at radius 1 is 1.38 bits per heavy atom. The third-order valence-corrected chi connectivity index (χ3v) is 4.28. The van der Waals surface area contributed by atoms with Gasteiger partial charge in [-0.2, -0.15) is 0 Å². The van der Waals surface area contributed by atoms with Crippen LogP contribution in [0.4, 0.5) is 0 Å². The molecule has 0 spiro atoms. The number of rotatable bonds is 2. The Kier molecular flexibility index (Phi) is 2.98. The van der Waals surface area contributed by atoms with E-state index in [4.69, 9.17) is 0 Å². The lowest BCUT2D eigenvalue weighted by Crippen LogP contribution is -2.54. The lowest BCUT2D eigenvalue weighted by atomic mass is 9.55. The molecule has 74 valence electrons. The smallest absolute Gasteiger partial charge is 0.0715 e. The van der Waals surface area contributed by atoms with Crippen LogP contribution in [-0.4, -0.2) is 10.7 Å². The van der Waals surface area contributed by atoms with Crippen LogP contribution in [0.1, 0.15) is 38.5 Å². The summed E-state index contributed by atoms with van der Waals surface area (Å²) >= 11 is 2.22. The first kappa shape index (κ1) is 9.97. The maximum absolute atomic E-state index is 10.3. The number of fused-ring (bicyclic) bond motifs is 1. The van der Waals surface area contributed by atoms with Crippen LogP contribution in [0.15, 0.2) is 10.2 Å². The van der Waals surface area contributed by atoms with Crippen LogP contribution >= 0.6 is 22.6 Å². The van der Waals surface area contributed by atoms with E-state index in [2.05, 4.69) is 28.7 Å². The predicted molar refractivity (Wildman–Crippen MR) is 62.8 cm³/mol. The van der Waals surface area contributed by atoms with E-state index in [9.17, 15) is 5.11 Å². The maximum atomic E-state index is 10.3. The van der Waals surface area contributed by atoms with Gasteiger partial charge in [0, 0.05) is 0 Å². The van der Waals surface area contributed by atoms with E-state index in [0.29, 0.717) is 5.92 Å². The van der Waals surface area contributed by atoms with Crippen LogP contribution in [0.3, 0.4) is 0 Å². The minimum absolute atomic E-state index is 0.327. The van der Waals surface area contributed by atoms with Gasteiger partial charge < -0.3 is 5.11 Å². The first-order valence-electron chi connectivity index (χ1n) is 5.24. The van der Waals surface area contributed by atoms with Crippen LogP contribution in [0, 0.1) is 11.8 Å². The number of aliphatic hydroxyl groups is 1. The van der Waals surface area contributed by atoms with E-state index in [-0.39, 0.29) is 5.60 Å². The summed E-state index contributed by atoms with van der Waals surface area (Å²) in [5, 5.41) is 10.3. The van der Waals surface area contributed by atoms with Gasteiger partial charge in [-0.05, 0) is 41.6 Å². The van der Waals surface area contributed by atoms with Crippen LogP contribution < -0.4 is 0 Å². The SMILES string of the molecule is OC1(C/C=C/I)CC2CCCCC21. The second kappa shape index (κ2) is 3.89. The van der Waals surface area contributed by atoms with Crippen LogP contribution in [-0.2, 0) is 0 Å². The standard InChI is InChI=1S/C11H17IO/c12-7-3-6-11(13)8-9-4-1-2-5-10(9)11/h3,7,9-10,13H,1-2,4-6,8H2/b7-3+. The van der Waals surface area contributed by atoms with Crippen molar-refractivity contribution < 1.29 is 5.11 Å². The van der Waals surface area contributed by atoms with Gasteiger partial charge in [-0.1, -0.05) is 41.5 Å². The summed E-state index contributed by atoms with van der Waals surface area (Å²) in [6.45, 7) is 0. The Morgan fingerprint density at radius 3 is 2.85 bits per heavy atom. The minimum atomic E-state index is -0.327. The molecule has 0 amide bonds. The molecular formula is C11H17IO. The molecular weight excluding hydrogens is 275 g/mol. The molecule has 0 radical (unpaired) electrons. The molecule has 1 nitrogen and oxygen atoms in total. The number of halogens is 1. The average molecular weight is 292 g/mol. The molecule has 0 saturated heterocycles. The average Bonchev–Trinajstić information content (AvgIpc) is 2.13. The molecule has 0 aromatic rings. The highest BCUT2D eigenvalue weighted by molar-refractivity contribution is 14.1. The van der Waals surface area contributed by atoms with Crippen molar-refractivity contribution >= 4 is 22.6 Å². The Bertz CT molecular complexity index is 214. The van der Waals surface area contributed by atoms with Gasteiger partial charge in [-0.15, -0.1) is 0 Å². The van der Waals surface area contributed by atoms with Crippen molar-refractivity contribution in [3.8, 4) is 0 Å². The molecule has 1 N–H and O–H groups in total. The van der Waals surface area contributed by atoms with Gasteiger partial charge in [0.1, 0.15) is 0 Å². The zero-order chi connectivity index (χ0) is 9.31. The summed E-state index contributed by atoms with van der Waals surface area (Å²) in [4.78, 5) is 0. The molecule has 0 aliphatic heterocycles. The van der Waals surface area contributed by atoms with Crippen molar-refractivity contribution in [2.24, 2.45) is 11.8 Å². The van der Waals surface area contributed by atoms with Crippen molar-refractivity contribution in [2.75, 3.05) is 0 Å². The van der Waals surface area contributed by atoms with E-state index in [1.54, 1.807) is 0 Å². The molecule has 3 unspecified atom stereocenters. The van der Waals surface area contributed by atoms with Gasteiger partial charge in [0.2, 0.25) is 0 Å². The van der Waals surface area contributed by atoms with E-state index >= 15 is 0 Å². The third-order valence-electron chi connectivity index (χ3n) is 3.78. The van der Waals surface area contributed by atoms with Crippen LogP contribution in [0.2, 0.25) is 0 Å². The van der Waals surface area contributed by atoms with Gasteiger partial charge >= 0.3 is 0 Å². The van der Waals surface area contributed by atoms with Gasteiger partial charge in [-0.3, -0.25) is 0 Å². The summed E-state index contributed by atoms with van der Waals surface area (Å²) in [5.74, 6) is 1.47. The van der Waals surface area contributed by atoms with Gasteiger partial charge in [0.05, 0.1) is 5.60 Å². The molecule has 13 heavy (non-hydrogen) atoms. The second-order valence-electron chi connectivity index (χ2n) is 4.52. The Balaban J connectivity index is 1.94. The summed E-state index contributed by atoms with van der Waals surface area (Å²) in [5.41, 5.74) is -0.327. The zero-order valence-corrected chi connectivity index (χ0v) is 10.0. The first-order chi connectivity index (χ1) is 6.26. The normalized spacial score (nSPS) is 44.5. The molecule has 0 aromatic carbocycles. The van der Waals surface area contributed by atoms with Crippen LogP contribution in [0.5, 0.6) is 0 Å². The molecule has 2 rings (SSSR count). The lowest BCUT2D eigenvalue weighted by Gasteiger charge is -2.54. The highest BCUT2D eigenvalue weighted by Crippen LogP contribution is 2.53. The topological polar surface area (TPSA) is 20.2 Å². The number of hydrogen-bond acceptors (Lipinski definition) is 1. The molecule has 0 bridgehead atoms. The van der Waals surface area contributed by atoms with Gasteiger partial charge in [0.15, 0.2) is 0 Å². The maximum Gasteiger partial charge on any atom is 0.0715 e. The molecule has 2 aliphatic rings. The number of hydrogen-bond donors (Lipinski definition) is 1. The molecule has 3 atom stereocenters.